The van der Waals surface area contributed by atoms with Gasteiger partial charge in [0.05, 0.1) is 32.0 Å². The molecule has 30 heavy (non-hydrogen) atoms. The highest BCUT2D eigenvalue weighted by molar-refractivity contribution is 6.00. The molecule has 0 amide bonds. The number of carbonyl (C=O) groups excluding carboxylic acids is 2. The summed E-state index contributed by atoms with van der Waals surface area (Å²) in [5.41, 5.74) is 0.592. The summed E-state index contributed by atoms with van der Waals surface area (Å²) >= 11 is 0. The maximum absolute atomic E-state index is 11.9. The number of aliphatic hydroxyl groups excluding tert-OH is 1. The summed E-state index contributed by atoms with van der Waals surface area (Å²) in [4.78, 5) is 23.3. The van der Waals surface area contributed by atoms with Crippen molar-refractivity contribution in [3.63, 3.8) is 0 Å². The number of phenolic OH excluding ortho intramolecular Hbond substituents is 2. The van der Waals surface area contributed by atoms with Gasteiger partial charge in [-0.15, -0.1) is 0 Å². The second-order valence-electron chi connectivity index (χ2n) is 6.59. The van der Waals surface area contributed by atoms with E-state index < -0.39 is 5.92 Å². The summed E-state index contributed by atoms with van der Waals surface area (Å²) in [6.45, 7) is 3.54. The lowest BCUT2D eigenvalue weighted by atomic mass is 9.95. The number of rotatable bonds is 9. The molecule has 3 N–H and O–H groups in total. The molecule has 0 heterocycles. The van der Waals surface area contributed by atoms with Crippen LogP contribution in [0.3, 0.4) is 0 Å². The van der Waals surface area contributed by atoms with Crippen molar-refractivity contribution >= 4 is 11.6 Å². The minimum atomic E-state index is -0.459. The molecule has 0 aromatic heterocycles. The minimum absolute atomic E-state index is 0.0113. The van der Waals surface area contributed by atoms with Gasteiger partial charge in [0.25, 0.3) is 0 Å². The third kappa shape index (κ3) is 6.77. The fourth-order valence-corrected chi connectivity index (χ4v) is 2.70. The number of Topliss-reactive ketones (excluding diaryl/α,β-unsaturated/α-hetero) is 2. The van der Waals surface area contributed by atoms with Crippen LogP contribution in [0, 0.1) is 5.92 Å². The van der Waals surface area contributed by atoms with Crippen molar-refractivity contribution < 1.29 is 34.4 Å². The van der Waals surface area contributed by atoms with Crippen LogP contribution in [0.2, 0.25) is 0 Å². The van der Waals surface area contributed by atoms with Crippen LogP contribution in [0.5, 0.6) is 23.0 Å². The Balaban J connectivity index is 0.000000303. The van der Waals surface area contributed by atoms with Crippen molar-refractivity contribution in [3.05, 3.63) is 47.5 Å². The SMILES string of the molecule is CCC(CO)C(=O)c1ccc(OC)cc1O.CCCC(=O)c1ccc(OC)cc1O. The molecule has 0 spiro atoms. The number of benzene rings is 2. The smallest absolute Gasteiger partial charge is 0.171 e. The van der Waals surface area contributed by atoms with Crippen LogP contribution in [0.1, 0.15) is 53.8 Å². The molecule has 2 aromatic carbocycles. The monoisotopic (exact) mass is 418 g/mol. The van der Waals surface area contributed by atoms with Crippen LogP contribution in [0.4, 0.5) is 0 Å². The number of hydrogen-bond donors (Lipinski definition) is 3. The quantitative estimate of drug-likeness (QED) is 0.528. The van der Waals surface area contributed by atoms with Crippen LogP contribution in [-0.2, 0) is 0 Å². The molecule has 2 aromatic rings. The number of ketones is 2. The Labute approximate surface area is 176 Å². The van der Waals surface area contributed by atoms with Crippen molar-refractivity contribution in [3.8, 4) is 23.0 Å². The number of aliphatic hydroxyl groups is 1. The fourth-order valence-electron chi connectivity index (χ4n) is 2.70. The molecule has 0 fully saturated rings. The third-order valence-electron chi connectivity index (χ3n) is 4.54. The highest BCUT2D eigenvalue weighted by atomic mass is 16.5. The average Bonchev–Trinajstić information content (AvgIpc) is 2.74. The lowest BCUT2D eigenvalue weighted by Crippen LogP contribution is -2.17. The van der Waals surface area contributed by atoms with Crippen LogP contribution in [-0.4, -0.2) is 47.7 Å². The molecule has 0 saturated heterocycles. The Morgan fingerprint density at radius 1 is 0.900 bits per heavy atom. The van der Waals surface area contributed by atoms with Gasteiger partial charge in [-0.05, 0) is 37.1 Å². The van der Waals surface area contributed by atoms with Gasteiger partial charge < -0.3 is 24.8 Å². The maximum atomic E-state index is 11.9. The fraction of sp³-hybridized carbons (Fsp3) is 0.391. The van der Waals surface area contributed by atoms with E-state index in [1.807, 2.05) is 13.8 Å². The number of hydrogen-bond acceptors (Lipinski definition) is 7. The van der Waals surface area contributed by atoms with Gasteiger partial charge >= 0.3 is 0 Å². The van der Waals surface area contributed by atoms with Crippen LogP contribution in [0.15, 0.2) is 36.4 Å². The Hall–Kier alpha value is -3.06. The van der Waals surface area contributed by atoms with Crippen LogP contribution < -0.4 is 9.47 Å². The van der Waals surface area contributed by atoms with E-state index in [0.29, 0.717) is 29.9 Å². The zero-order chi connectivity index (χ0) is 22.7. The molecule has 0 aliphatic rings. The summed E-state index contributed by atoms with van der Waals surface area (Å²) in [5.74, 6) is 0.179. The van der Waals surface area contributed by atoms with Gasteiger partial charge in [0, 0.05) is 24.5 Å². The first kappa shape index (κ1) is 25.0. The molecule has 1 unspecified atom stereocenters. The Bertz CT molecular complexity index is 841. The van der Waals surface area contributed by atoms with E-state index in [2.05, 4.69) is 0 Å². The van der Waals surface area contributed by atoms with Gasteiger partial charge in [0.2, 0.25) is 0 Å². The van der Waals surface area contributed by atoms with E-state index in [-0.39, 0.29) is 35.2 Å². The molecular weight excluding hydrogens is 388 g/mol. The zero-order valence-electron chi connectivity index (χ0n) is 17.8. The van der Waals surface area contributed by atoms with Crippen LogP contribution >= 0.6 is 0 Å². The molecule has 0 bridgehead atoms. The molecule has 7 heteroatoms. The van der Waals surface area contributed by atoms with E-state index in [1.54, 1.807) is 18.2 Å². The van der Waals surface area contributed by atoms with Crippen molar-refractivity contribution in [1.29, 1.82) is 0 Å². The lowest BCUT2D eigenvalue weighted by Gasteiger charge is -2.12. The largest absolute Gasteiger partial charge is 0.507 e. The molecule has 0 radical (unpaired) electrons. The second kappa shape index (κ2) is 12.5. The predicted molar refractivity (Wildman–Crippen MR) is 114 cm³/mol. The molecule has 0 aliphatic carbocycles. The van der Waals surface area contributed by atoms with Crippen molar-refractivity contribution in [2.75, 3.05) is 20.8 Å². The molecule has 1 atom stereocenters. The van der Waals surface area contributed by atoms with E-state index in [9.17, 15) is 19.8 Å². The maximum Gasteiger partial charge on any atom is 0.171 e. The van der Waals surface area contributed by atoms with Crippen LogP contribution in [0.25, 0.3) is 0 Å². The molecule has 164 valence electrons. The van der Waals surface area contributed by atoms with E-state index in [4.69, 9.17) is 14.6 Å². The molecular formula is C23H30O7. The number of aromatic hydroxyl groups is 2. The predicted octanol–water partition coefficient (Wildman–Crippen LogP) is 3.99. The van der Waals surface area contributed by atoms with Gasteiger partial charge in [-0.25, -0.2) is 0 Å². The van der Waals surface area contributed by atoms with Crippen molar-refractivity contribution in [2.24, 2.45) is 5.92 Å². The normalized spacial score (nSPS) is 11.1. The second-order valence-corrected chi connectivity index (χ2v) is 6.59. The van der Waals surface area contributed by atoms with Gasteiger partial charge in [0.15, 0.2) is 11.6 Å². The van der Waals surface area contributed by atoms with E-state index in [1.165, 1.54) is 32.4 Å². The van der Waals surface area contributed by atoms with Gasteiger partial charge in [-0.2, -0.15) is 0 Å². The number of carbonyl (C=O) groups is 2. The van der Waals surface area contributed by atoms with E-state index in [0.717, 1.165) is 6.42 Å². The Kier molecular flexibility index (Phi) is 10.4. The first-order chi connectivity index (χ1) is 14.3. The first-order valence-electron chi connectivity index (χ1n) is 9.75. The summed E-state index contributed by atoms with van der Waals surface area (Å²) < 4.78 is 9.84. The average molecular weight is 418 g/mol. The molecule has 0 aliphatic heterocycles. The molecule has 7 nitrogen and oxygen atoms in total. The van der Waals surface area contributed by atoms with Gasteiger partial charge in [0.1, 0.15) is 23.0 Å². The van der Waals surface area contributed by atoms with Crippen molar-refractivity contribution in [2.45, 2.75) is 33.1 Å². The number of ether oxygens (including phenoxy) is 2. The number of methoxy groups -OCH3 is 2. The standard InChI is InChI=1S/C12H16O4.C11H14O3/c1-3-8(7-13)12(15)10-5-4-9(16-2)6-11(10)14;1-3-4-10(12)9-6-5-8(14-2)7-11(9)13/h4-6,8,13-14H,3,7H2,1-2H3;5-7,13H,3-4H2,1-2H3. The Morgan fingerprint density at radius 3 is 1.77 bits per heavy atom. The third-order valence-corrected chi connectivity index (χ3v) is 4.54. The number of phenols is 2. The zero-order valence-corrected chi connectivity index (χ0v) is 17.8. The summed E-state index contributed by atoms with van der Waals surface area (Å²) in [5, 5.41) is 28.2. The summed E-state index contributed by atoms with van der Waals surface area (Å²) in [6.07, 6.45) is 1.78. The van der Waals surface area contributed by atoms with E-state index >= 15 is 0 Å². The van der Waals surface area contributed by atoms with Crippen molar-refractivity contribution in [1.82, 2.24) is 0 Å². The molecule has 0 saturated carbocycles. The lowest BCUT2D eigenvalue weighted by molar-refractivity contribution is 0.0853. The first-order valence-corrected chi connectivity index (χ1v) is 9.75. The highest BCUT2D eigenvalue weighted by Gasteiger charge is 2.20. The summed E-state index contributed by atoms with van der Waals surface area (Å²) in [7, 11) is 3.00. The Morgan fingerprint density at radius 2 is 1.40 bits per heavy atom. The highest BCUT2D eigenvalue weighted by Crippen LogP contribution is 2.26. The van der Waals surface area contributed by atoms with Gasteiger partial charge in [-0.1, -0.05) is 13.8 Å². The van der Waals surface area contributed by atoms with Gasteiger partial charge in [-0.3, -0.25) is 9.59 Å². The minimum Gasteiger partial charge on any atom is -0.507 e. The summed E-state index contributed by atoms with van der Waals surface area (Å²) in [6, 6.07) is 9.21. The topological polar surface area (TPSA) is 113 Å². The molecule has 2 rings (SSSR count).